The second-order valence-electron chi connectivity index (χ2n) is 5.05. The summed E-state index contributed by atoms with van der Waals surface area (Å²) in [6.07, 6.45) is 1.07. The molecule has 0 spiro atoms. The van der Waals surface area contributed by atoms with Gasteiger partial charge in [-0.05, 0) is 12.1 Å². The fraction of sp³-hybridized carbons (Fsp3) is 0.333. The van der Waals surface area contributed by atoms with Crippen LogP contribution in [0, 0.1) is 0 Å². The first-order chi connectivity index (χ1) is 11.2. The molecule has 0 atom stereocenters. The number of anilines is 1. The highest BCUT2D eigenvalue weighted by Gasteiger charge is 2.41. The van der Waals surface area contributed by atoms with Crippen molar-refractivity contribution in [2.45, 2.75) is 17.5 Å². The third kappa shape index (κ3) is 3.89. The van der Waals surface area contributed by atoms with Gasteiger partial charge in [-0.15, -0.1) is 0 Å². The molecule has 0 bridgehead atoms. The van der Waals surface area contributed by atoms with E-state index >= 15 is 0 Å². The Morgan fingerprint density at radius 2 is 2.12 bits per heavy atom. The van der Waals surface area contributed by atoms with Crippen molar-refractivity contribution in [2.24, 2.45) is 7.05 Å². The average Bonchev–Trinajstić information content (AvgIpc) is 2.93. The summed E-state index contributed by atoms with van der Waals surface area (Å²) < 4.78 is 52.1. The fourth-order valence-corrected chi connectivity index (χ4v) is 2.77. The quantitative estimate of drug-likeness (QED) is 0.554. The molecule has 4 nitrogen and oxygen atoms in total. The Kier molecular flexibility index (Phi) is 5.53. The predicted molar refractivity (Wildman–Crippen MR) is 86.6 cm³/mol. The molecule has 0 unspecified atom stereocenters. The van der Waals surface area contributed by atoms with Gasteiger partial charge in [0, 0.05) is 20.3 Å². The molecule has 0 aliphatic rings. The molecule has 2 heterocycles. The Morgan fingerprint density at radius 3 is 2.71 bits per heavy atom. The second kappa shape index (κ2) is 7.25. The van der Waals surface area contributed by atoms with E-state index < -0.39 is 18.1 Å². The fourth-order valence-electron chi connectivity index (χ4n) is 1.90. The number of alkyl halides is 4. The Hall–Kier alpha value is -2.03. The molecule has 0 aliphatic heterocycles. The molecule has 24 heavy (non-hydrogen) atoms. The maximum atomic E-state index is 13.0. The van der Waals surface area contributed by atoms with Crippen LogP contribution in [0.5, 0.6) is 0 Å². The maximum Gasteiger partial charge on any atom is 0.316 e. The van der Waals surface area contributed by atoms with Crippen LogP contribution in [-0.2, 0) is 7.05 Å². The van der Waals surface area contributed by atoms with Crippen molar-refractivity contribution >= 4 is 23.1 Å². The third-order valence-corrected chi connectivity index (χ3v) is 4.56. The van der Waals surface area contributed by atoms with E-state index in [1.54, 1.807) is 42.0 Å². The van der Waals surface area contributed by atoms with Gasteiger partial charge in [0.25, 0.3) is 0 Å². The molecular formula is C15H16F4N4S. The zero-order chi connectivity index (χ0) is 17.9. The van der Waals surface area contributed by atoms with E-state index in [1.165, 1.54) is 6.20 Å². The third-order valence-electron chi connectivity index (χ3n) is 3.39. The molecule has 130 valence electrons. The highest BCUT2D eigenvalue weighted by molar-refractivity contribution is 7.99. The van der Waals surface area contributed by atoms with Gasteiger partial charge in [-0.25, -0.2) is 13.8 Å². The van der Waals surface area contributed by atoms with Gasteiger partial charge in [0.2, 0.25) is 0 Å². The van der Waals surface area contributed by atoms with Crippen molar-refractivity contribution in [3.63, 3.8) is 0 Å². The highest BCUT2D eigenvalue weighted by atomic mass is 32.2. The first-order valence-corrected chi connectivity index (χ1v) is 7.86. The van der Waals surface area contributed by atoms with Crippen LogP contribution in [0.25, 0.3) is 5.70 Å². The topological polar surface area (TPSA) is 34.0 Å². The number of thioether (sulfide) groups is 1. The minimum absolute atomic E-state index is 0.214. The lowest BCUT2D eigenvalue weighted by Crippen LogP contribution is -2.29. The Labute approximate surface area is 141 Å². The molecule has 0 aliphatic carbocycles. The normalized spacial score (nSPS) is 11.8. The summed E-state index contributed by atoms with van der Waals surface area (Å²) in [5.41, 5.74) is 1.96. The lowest BCUT2D eigenvalue weighted by molar-refractivity contribution is -0.110. The van der Waals surface area contributed by atoms with Gasteiger partial charge in [0.05, 0.1) is 35.2 Å². The zero-order valence-corrected chi connectivity index (χ0v) is 13.9. The summed E-state index contributed by atoms with van der Waals surface area (Å²) in [7, 11) is 3.40. The smallest absolute Gasteiger partial charge is 0.316 e. The number of hydrogen-bond acceptors (Lipinski definition) is 4. The summed E-state index contributed by atoms with van der Waals surface area (Å²) in [6, 6.07) is 3.61. The zero-order valence-electron chi connectivity index (χ0n) is 13.1. The molecule has 2 rings (SSSR count). The van der Waals surface area contributed by atoms with Crippen LogP contribution in [-0.4, -0.2) is 39.7 Å². The van der Waals surface area contributed by atoms with Crippen LogP contribution in [0.2, 0.25) is 0 Å². The molecule has 0 saturated carbocycles. The van der Waals surface area contributed by atoms with Crippen LogP contribution in [0.15, 0.2) is 42.5 Å². The molecule has 0 amide bonds. The first-order valence-electron chi connectivity index (χ1n) is 6.87. The van der Waals surface area contributed by atoms with Crippen LogP contribution < -0.4 is 4.90 Å². The van der Waals surface area contributed by atoms with Crippen molar-refractivity contribution in [3.8, 4) is 0 Å². The van der Waals surface area contributed by atoms with E-state index in [0.717, 1.165) is 5.69 Å². The lowest BCUT2D eigenvalue weighted by atomic mass is 10.3. The van der Waals surface area contributed by atoms with Crippen molar-refractivity contribution in [1.29, 1.82) is 0 Å². The molecule has 0 radical (unpaired) electrons. The monoisotopic (exact) mass is 360 g/mol. The summed E-state index contributed by atoms with van der Waals surface area (Å²) in [5, 5.41) is 0.214. The number of imidazole rings is 1. The van der Waals surface area contributed by atoms with Gasteiger partial charge >= 0.3 is 12.3 Å². The number of halogens is 4. The predicted octanol–water partition coefficient (Wildman–Crippen LogP) is 3.91. The summed E-state index contributed by atoms with van der Waals surface area (Å²) in [4.78, 5) is 9.81. The molecule has 0 saturated heterocycles. The highest BCUT2D eigenvalue weighted by Crippen LogP contribution is 2.32. The number of pyridine rings is 1. The summed E-state index contributed by atoms with van der Waals surface area (Å²) >= 11 is 0.578. The van der Waals surface area contributed by atoms with E-state index in [2.05, 4.69) is 16.5 Å². The largest absolute Gasteiger partial charge is 0.342 e. The standard InChI is InChI=1S/C15H16F4N4S/c1-10(22(2)11-5-4-6-20-7-11)12-8-21-14(23(12)3)24-9-15(18,19)13(16)17/h4-8,13H,1,9H2,2-3H3. The van der Waals surface area contributed by atoms with Gasteiger partial charge in [0.1, 0.15) is 0 Å². The molecule has 9 heteroatoms. The van der Waals surface area contributed by atoms with Crippen LogP contribution >= 0.6 is 11.8 Å². The Bertz CT molecular complexity index is 703. The first kappa shape index (κ1) is 18.3. The van der Waals surface area contributed by atoms with E-state index in [4.69, 9.17) is 0 Å². The van der Waals surface area contributed by atoms with Crippen molar-refractivity contribution in [3.05, 3.63) is 43.0 Å². The van der Waals surface area contributed by atoms with Crippen molar-refractivity contribution in [2.75, 3.05) is 17.7 Å². The molecule has 0 N–H and O–H groups in total. The number of nitrogens with zero attached hydrogens (tertiary/aromatic N) is 4. The average molecular weight is 360 g/mol. The SMILES string of the molecule is C=C(c1cnc(SCC(F)(F)C(F)F)n1C)N(C)c1cccnc1. The molecular weight excluding hydrogens is 344 g/mol. The van der Waals surface area contributed by atoms with Crippen LogP contribution in [0.4, 0.5) is 23.2 Å². The maximum absolute atomic E-state index is 13.0. The number of rotatable bonds is 7. The van der Waals surface area contributed by atoms with Crippen LogP contribution in [0.3, 0.4) is 0 Å². The van der Waals surface area contributed by atoms with E-state index in [1.807, 2.05) is 6.07 Å². The lowest BCUT2D eigenvalue weighted by Gasteiger charge is -2.21. The van der Waals surface area contributed by atoms with Gasteiger partial charge in [0.15, 0.2) is 5.16 Å². The van der Waals surface area contributed by atoms with Crippen molar-refractivity contribution in [1.82, 2.24) is 14.5 Å². The second-order valence-corrected chi connectivity index (χ2v) is 5.99. The Balaban J connectivity index is 2.13. The molecule has 2 aromatic rings. The molecule has 0 aromatic carbocycles. The van der Waals surface area contributed by atoms with E-state index in [9.17, 15) is 17.6 Å². The summed E-state index contributed by atoms with van der Waals surface area (Å²) in [6.45, 7) is 3.97. The van der Waals surface area contributed by atoms with Gasteiger partial charge in [-0.2, -0.15) is 8.78 Å². The van der Waals surface area contributed by atoms with E-state index in [-0.39, 0.29) is 5.16 Å². The molecule has 0 fully saturated rings. The number of hydrogen-bond donors (Lipinski definition) is 0. The minimum atomic E-state index is -4.06. The Morgan fingerprint density at radius 1 is 1.42 bits per heavy atom. The van der Waals surface area contributed by atoms with E-state index in [0.29, 0.717) is 23.2 Å². The van der Waals surface area contributed by atoms with Crippen LogP contribution in [0.1, 0.15) is 5.69 Å². The summed E-state index contributed by atoms with van der Waals surface area (Å²) in [5.74, 6) is -5.10. The number of aromatic nitrogens is 3. The molecule has 2 aromatic heterocycles. The van der Waals surface area contributed by atoms with Crippen molar-refractivity contribution < 1.29 is 17.6 Å². The van der Waals surface area contributed by atoms with Gasteiger partial charge in [-0.1, -0.05) is 18.3 Å². The van der Waals surface area contributed by atoms with Gasteiger partial charge in [-0.3, -0.25) is 4.98 Å². The van der Waals surface area contributed by atoms with Gasteiger partial charge < -0.3 is 9.47 Å². The minimum Gasteiger partial charge on any atom is -0.342 e.